The standard InChI is InChI=1S/C18H22N4O4/c23-16(10-18(25)5-6-18)19-11-3-4-12(8-11)20-17(24)14-9-13(21-22-14)15-2-1-7-26-15/h1-2,7,9,11-12,25H,3-6,8,10H2,(H,19,23)(H,20,24)(H,21,22)/t11-,12+/m1/s1. The highest BCUT2D eigenvalue weighted by molar-refractivity contribution is 5.93. The zero-order valence-electron chi connectivity index (χ0n) is 14.3. The Morgan fingerprint density at radius 2 is 2.08 bits per heavy atom. The lowest BCUT2D eigenvalue weighted by Crippen LogP contribution is -2.38. The van der Waals surface area contributed by atoms with Crippen LogP contribution >= 0.6 is 0 Å². The number of aliphatic hydroxyl groups is 1. The molecule has 2 aromatic heterocycles. The number of hydrogen-bond acceptors (Lipinski definition) is 5. The maximum Gasteiger partial charge on any atom is 0.272 e. The predicted molar refractivity (Wildman–Crippen MR) is 92.1 cm³/mol. The Morgan fingerprint density at radius 3 is 2.77 bits per heavy atom. The molecule has 0 radical (unpaired) electrons. The van der Waals surface area contributed by atoms with Crippen molar-refractivity contribution in [1.29, 1.82) is 0 Å². The van der Waals surface area contributed by atoms with Crippen LogP contribution in [0.2, 0.25) is 0 Å². The van der Waals surface area contributed by atoms with E-state index in [0.29, 0.717) is 36.4 Å². The van der Waals surface area contributed by atoms with Crippen molar-refractivity contribution in [2.24, 2.45) is 0 Å². The van der Waals surface area contributed by atoms with Gasteiger partial charge in [-0.2, -0.15) is 5.10 Å². The number of nitrogens with one attached hydrogen (secondary N) is 3. The van der Waals surface area contributed by atoms with Crippen LogP contribution < -0.4 is 10.6 Å². The van der Waals surface area contributed by atoms with Crippen LogP contribution in [0.1, 0.15) is 49.0 Å². The highest BCUT2D eigenvalue weighted by Gasteiger charge is 2.42. The van der Waals surface area contributed by atoms with E-state index in [1.54, 1.807) is 24.5 Å². The largest absolute Gasteiger partial charge is 0.463 e. The van der Waals surface area contributed by atoms with Gasteiger partial charge in [0.05, 0.1) is 18.3 Å². The van der Waals surface area contributed by atoms with Gasteiger partial charge in [0.1, 0.15) is 5.69 Å². The quantitative estimate of drug-likeness (QED) is 0.621. The van der Waals surface area contributed by atoms with Crippen molar-refractivity contribution in [2.45, 2.75) is 56.2 Å². The second kappa shape index (κ2) is 6.60. The lowest BCUT2D eigenvalue weighted by molar-refractivity contribution is -0.124. The second-order valence-electron chi connectivity index (χ2n) is 7.29. The summed E-state index contributed by atoms with van der Waals surface area (Å²) in [6.07, 6.45) is 5.43. The molecule has 138 valence electrons. The first kappa shape index (κ1) is 16.8. The number of amides is 2. The Morgan fingerprint density at radius 1 is 1.31 bits per heavy atom. The van der Waals surface area contributed by atoms with Gasteiger partial charge in [0.2, 0.25) is 5.91 Å². The summed E-state index contributed by atoms with van der Waals surface area (Å²) in [7, 11) is 0. The van der Waals surface area contributed by atoms with Gasteiger partial charge in [0, 0.05) is 18.2 Å². The van der Waals surface area contributed by atoms with E-state index in [2.05, 4.69) is 20.8 Å². The summed E-state index contributed by atoms with van der Waals surface area (Å²) in [6.45, 7) is 0. The van der Waals surface area contributed by atoms with Crippen LogP contribution in [-0.4, -0.2) is 44.8 Å². The molecule has 2 atom stereocenters. The van der Waals surface area contributed by atoms with Crippen LogP contribution in [-0.2, 0) is 4.79 Å². The van der Waals surface area contributed by atoms with Gasteiger partial charge in [-0.3, -0.25) is 14.7 Å². The maximum atomic E-state index is 12.4. The molecule has 0 aliphatic heterocycles. The number of aromatic amines is 1. The molecular weight excluding hydrogens is 336 g/mol. The molecule has 2 heterocycles. The zero-order valence-corrected chi connectivity index (χ0v) is 14.3. The van der Waals surface area contributed by atoms with Gasteiger partial charge in [-0.05, 0) is 44.2 Å². The van der Waals surface area contributed by atoms with Crippen molar-refractivity contribution in [3.05, 3.63) is 30.2 Å². The molecule has 0 saturated heterocycles. The summed E-state index contributed by atoms with van der Waals surface area (Å²) in [5.41, 5.74) is 0.177. The fraction of sp³-hybridized carbons (Fsp3) is 0.500. The molecule has 2 fully saturated rings. The fourth-order valence-corrected chi connectivity index (χ4v) is 3.40. The van der Waals surface area contributed by atoms with Crippen molar-refractivity contribution >= 4 is 11.8 Å². The van der Waals surface area contributed by atoms with Gasteiger partial charge >= 0.3 is 0 Å². The highest BCUT2D eigenvalue weighted by atomic mass is 16.3. The monoisotopic (exact) mass is 358 g/mol. The van der Waals surface area contributed by atoms with Crippen LogP contribution in [0.25, 0.3) is 11.5 Å². The maximum absolute atomic E-state index is 12.4. The molecule has 26 heavy (non-hydrogen) atoms. The number of rotatable bonds is 6. The number of aromatic nitrogens is 2. The van der Waals surface area contributed by atoms with Crippen LogP contribution in [0, 0.1) is 0 Å². The first-order valence-corrected chi connectivity index (χ1v) is 8.93. The van der Waals surface area contributed by atoms with Crippen molar-refractivity contribution in [3.63, 3.8) is 0 Å². The molecule has 8 nitrogen and oxygen atoms in total. The number of carbonyl (C=O) groups excluding carboxylic acids is 2. The van der Waals surface area contributed by atoms with Gasteiger partial charge in [-0.25, -0.2) is 0 Å². The summed E-state index contributed by atoms with van der Waals surface area (Å²) in [6, 6.07) is 5.25. The van der Waals surface area contributed by atoms with Gasteiger partial charge < -0.3 is 20.2 Å². The fourth-order valence-electron chi connectivity index (χ4n) is 3.40. The van der Waals surface area contributed by atoms with Crippen molar-refractivity contribution < 1.29 is 19.1 Å². The van der Waals surface area contributed by atoms with Crippen LogP contribution in [0.5, 0.6) is 0 Å². The summed E-state index contributed by atoms with van der Waals surface area (Å²) < 4.78 is 5.28. The average Bonchev–Trinajstić information content (AvgIpc) is 3.09. The Hall–Kier alpha value is -2.61. The molecule has 0 unspecified atom stereocenters. The summed E-state index contributed by atoms with van der Waals surface area (Å²) in [5.74, 6) is 0.262. The Bertz CT molecular complexity index is 794. The van der Waals surface area contributed by atoms with Gasteiger partial charge in [0.15, 0.2) is 11.5 Å². The van der Waals surface area contributed by atoms with E-state index in [9.17, 15) is 14.7 Å². The molecule has 2 amide bonds. The van der Waals surface area contributed by atoms with E-state index in [1.165, 1.54) is 0 Å². The number of hydrogen-bond donors (Lipinski definition) is 4. The molecule has 2 saturated carbocycles. The minimum Gasteiger partial charge on any atom is -0.463 e. The van der Waals surface area contributed by atoms with Gasteiger partial charge in [0.25, 0.3) is 5.91 Å². The third kappa shape index (κ3) is 3.80. The summed E-state index contributed by atoms with van der Waals surface area (Å²) >= 11 is 0. The predicted octanol–water partition coefficient (Wildman–Crippen LogP) is 1.35. The number of carbonyl (C=O) groups is 2. The molecule has 2 aromatic rings. The van der Waals surface area contributed by atoms with Crippen molar-refractivity contribution in [3.8, 4) is 11.5 Å². The number of H-pyrrole nitrogens is 1. The topological polar surface area (TPSA) is 120 Å². The second-order valence-corrected chi connectivity index (χ2v) is 7.29. The lowest BCUT2D eigenvalue weighted by atomic mass is 10.2. The minimum atomic E-state index is -0.776. The molecule has 2 aliphatic carbocycles. The highest BCUT2D eigenvalue weighted by Crippen LogP contribution is 2.38. The summed E-state index contributed by atoms with van der Waals surface area (Å²) in [5, 5.41) is 22.6. The molecule has 2 aliphatic rings. The van der Waals surface area contributed by atoms with Gasteiger partial charge in [-0.15, -0.1) is 0 Å². The van der Waals surface area contributed by atoms with Crippen molar-refractivity contribution in [2.75, 3.05) is 0 Å². The van der Waals surface area contributed by atoms with Crippen LogP contribution in [0.15, 0.2) is 28.9 Å². The third-order valence-electron chi connectivity index (χ3n) is 5.05. The molecule has 0 aromatic carbocycles. The third-order valence-corrected chi connectivity index (χ3v) is 5.05. The van der Waals surface area contributed by atoms with E-state index >= 15 is 0 Å². The molecule has 0 bridgehead atoms. The van der Waals surface area contributed by atoms with E-state index in [-0.39, 0.29) is 30.3 Å². The SMILES string of the molecule is O=C(CC1(O)CC1)N[C@@H]1CC[C@H](NC(=O)c2cc(-c3ccco3)[nH]n2)C1. The molecule has 0 spiro atoms. The van der Waals surface area contributed by atoms with E-state index in [1.807, 2.05) is 0 Å². The Labute approximate surface area is 150 Å². The van der Waals surface area contributed by atoms with Gasteiger partial charge in [-0.1, -0.05) is 0 Å². The first-order valence-electron chi connectivity index (χ1n) is 8.93. The van der Waals surface area contributed by atoms with E-state index in [0.717, 1.165) is 12.8 Å². The smallest absolute Gasteiger partial charge is 0.272 e. The molecule has 4 rings (SSSR count). The molecule has 4 N–H and O–H groups in total. The molecule has 8 heteroatoms. The van der Waals surface area contributed by atoms with E-state index < -0.39 is 5.60 Å². The average molecular weight is 358 g/mol. The lowest BCUT2D eigenvalue weighted by Gasteiger charge is -2.15. The normalized spacial score (nSPS) is 23.6. The zero-order chi connectivity index (χ0) is 18.1. The number of nitrogens with zero attached hydrogens (tertiary/aromatic N) is 1. The van der Waals surface area contributed by atoms with Crippen LogP contribution in [0.4, 0.5) is 0 Å². The summed E-state index contributed by atoms with van der Waals surface area (Å²) in [4.78, 5) is 24.3. The Balaban J connectivity index is 1.27. The number of furan rings is 1. The van der Waals surface area contributed by atoms with Crippen LogP contribution in [0.3, 0.4) is 0 Å². The molecular formula is C18H22N4O4. The van der Waals surface area contributed by atoms with Crippen molar-refractivity contribution in [1.82, 2.24) is 20.8 Å². The first-order chi connectivity index (χ1) is 12.5. The minimum absolute atomic E-state index is 0.000532. The Kier molecular flexibility index (Phi) is 4.28. The van der Waals surface area contributed by atoms with E-state index in [4.69, 9.17) is 4.42 Å².